The molecule has 1 aromatic heterocycles. The van der Waals surface area contributed by atoms with E-state index in [1.807, 2.05) is 0 Å². The zero-order chi connectivity index (χ0) is 18.1. The van der Waals surface area contributed by atoms with Crippen LogP contribution in [0.25, 0.3) is 0 Å². The van der Waals surface area contributed by atoms with Crippen molar-refractivity contribution in [2.24, 2.45) is 0 Å². The van der Waals surface area contributed by atoms with Crippen LogP contribution in [-0.4, -0.2) is 43.5 Å². The molecule has 0 aliphatic carbocycles. The highest BCUT2D eigenvalue weighted by Gasteiger charge is 2.34. The number of carbonyl (C=O) groups excluding carboxylic acids is 2. The van der Waals surface area contributed by atoms with Gasteiger partial charge < -0.3 is 0 Å². The standard InChI is InChI=1S/C18H14FN5O2/c19-13-7-5-12(6-8-13)11-24-21-16(20-22-24)9-10-23-17(25)14-3-1-2-4-15(14)18(23)26/h1-8H,9-11H2. The Balaban J connectivity index is 1.40. The second-order valence-corrected chi connectivity index (χ2v) is 5.92. The first-order valence-electron chi connectivity index (χ1n) is 8.08. The lowest BCUT2D eigenvalue weighted by Crippen LogP contribution is -2.32. The van der Waals surface area contributed by atoms with Crippen molar-refractivity contribution >= 4 is 11.8 Å². The number of hydrogen-bond acceptors (Lipinski definition) is 5. The normalized spacial score (nSPS) is 13.3. The van der Waals surface area contributed by atoms with Crippen LogP contribution >= 0.6 is 0 Å². The van der Waals surface area contributed by atoms with Crippen LogP contribution in [-0.2, 0) is 13.0 Å². The monoisotopic (exact) mass is 351 g/mol. The molecule has 0 atom stereocenters. The van der Waals surface area contributed by atoms with Gasteiger partial charge in [0.05, 0.1) is 17.7 Å². The first-order chi connectivity index (χ1) is 12.6. The summed E-state index contributed by atoms with van der Waals surface area (Å²) >= 11 is 0. The van der Waals surface area contributed by atoms with E-state index in [-0.39, 0.29) is 24.2 Å². The van der Waals surface area contributed by atoms with Crippen LogP contribution in [0.4, 0.5) is 4.39 Å². The molecule has 1 aliphatic heterocycles. The number of fused-ring (bicyclic) bond motifs is 1. The first-order valence-corrected chi connectivity index (χ1v) is 8.08. The molecule has 0 fully saturated rings. The van der Waals surface area contributed by atoms with E-state index in [9.17, 15) is 14.0 Å². The van der Waals surface area contributed by atoms with Crippen molar-refractivity contribution in [2.45, 2.75) is 13.0 Å². The number of aromatic nitrogens is 4. The molecule has 0 bridgehead atoms. The number of benzene rings is 2. The van der Waals surface area contributed by atoms with E-state index >= 15 is 0 Å². The fourth-order valence-electron chi connectivity index (χ4n) is 2.85. The fourth-order valence-corrected chi connectivity index (χ4v) is 2.85. The number of rotatable bonds is 5. The molecule has 2 heterocycles. The summed E-state index contributed by atoms with van der Waals surface area (Å²) in [6.45, 7) is 0.550. The summed E-state index contributed by atoms with van der Waals surface area (Å²) < 4.78 is 12.9. The van der Waals surface area contributed by atoms with Crippen LogP contribution in [0, 0.1) is 5.82 Å². The third-order valence-corrected chi connectivity index (χ3v) is 4.17. The Bertz CT molecular complexity index is 948. The molecule has 0 spiro atoms. The molecule has 4 rings (SSSR count). The van der Waals surface area contributed by atoms with Gasteiger partial charge in [0, 0.05) is 13.0 Å². The maximum Gasteiger partial charge on any atom is 0.261 e. The number of tetrazole rings is 1. The molecule has 1 aliphatic rings. The smallest absolute Gasteiger partial charge is 0.261 e. The van der Waals surface area contributed by atoms with Gasteiger partial charge in [-0.25, -0.2) is 4.39 Å². The highest BCUT2D eigenvalue weighted by Crippen LogP contribution is 2.22. The molecule has 26 heavy (non-hydrogen) atoms. The van der Waals surface area contributed by atoms with Gasteiger partial charge in [0.1, 0.15) is 5.82 Å². The predicted molar refractivity (Wildman–Crippen MR) is 88.8 cm³/mol. The lowest BCUT2D eigenvalue weighted by atomic mass is 10.1. The fraction of sp³-hybridized carbons (Fsp3) is 0.167. The van der Waals surface area contributed by atoms with Crippen molar-refractivity contribution < 1.29 is 14.0 Å². The number of halogens is 1. The van der Waals surface area contributed by atoms with Crippen molar-refractivity contribution in [1.29, 1.82) is 0 Å². The van der Waals surface area contributed by atoms with Crippen molar-refractivity contribution in [3.05, 3.63) is 76.9 Å². The molecular formula is C18H14FN5O2. The number of amides is 2. The van der Waals surface area contributed by atoms with Gasteiger partial charge in [-0.05, 0) is 35.0 Å². The second kappa shape index (κ2) is 6.47. The second-order valence-electron chi connectivity index (χ2n) is 5.92. The van der Waals surface area contributed by atoms with Crippen LogP contribution in [0.15, 0.2) is 48.5 Å². The van der Waals surface area contributed by atoms with Crippen LogP contribution in [0.1, 0.15) is 32.1 Å². The summed E-state index contributed by atoms with van der Waals surface area (Å²) in [6.07, 6.45) is 0.314. The first kappa shape index (κ1) is 16.1. The Morgan fingerprint density at radius 3 is 2.23 bits per heavy atom. The molecule has 130 valence electrons. The SMILES string of the molecule is O=C1c2ccccc2C(=O)N1CCc1nnn(Cc2ccc(F)cc2)n1. The lowest BCUT2D eigenvalue weighted by Gasteiger charge is -2.11. The van der Waals surface area contributed by atoms with Gasteiger partial charge in [0.2, 0.25) is 0 Å². The van der Waals surface area contributed by atoms with Crippen LogP contribution in [0.2, 0.25) is 0 Å². The van der Waals surface area contributed by atoms with Gasteiger partial charge in [-0.1, -0.05) is 24.3 Å². The largest absolute Gasteiger partial charge is 0.274 e. The highest BCUT2D eigenvalue weighted by molar-refractivity contribution is 6.21. The van der Waals surface area contributed by atoms with E-state index in [4.69, 9.17) is 0 Å². The molecule has 2 aromatic carbocycles. The van der Waals surface area contributed by atoms with E-state index in [0.717, 1.165) is 5.56 Å². The zero-order valence-electron chi connectivity index (χ0n) is 13.7. The summed E-state index contributed by atoms with van der Waals surface area (Å²) in [7, 11) is 0. The summed E-state index contributed by atoms with van der Waals surface area (Å²) in [5.41, 5.74) is 1.69. The Labute approximate surface area is 148 Å². The third-order valence-electron chi connectivity index (χ3n) is 4.17. The molecule has 0 radical (unpaired) electrons. The summed E-state index contributed by atoms with van der Waals surface area (Å²) in [6, 6.07) is 12.8. The number of carbonyl (C=O) groups is 2. The van der Waals surface area contributed by atoms with Crippen LogP contribution < -0.4 is 0 Å². The predicted octanol–water partition coefficient (Wildman–Crippen LogP) is 1.70. The van der Waals surface area contributed by atoms with Crippen molar-refractivity contribution in [3.8, 4) is 0 Å². The maximum absolute atomic E-state index is 12.9. The van der Waals surface area contributed by atoms with E-state index in [2.05, 4.69) is 15.4 Å². The molecule has 0 saturated heterocycles. The minimum atomic E-state index is -0.304. The quantitative estimate of drug-likeness (QED) is 0.654. The van der Waals surface area contributed by atoms with Gasteiger partial charge >= 0.3 is 0 Å². The minimum absolute atomic E-state index is 0.189. The molecule has 0 N–H and O–H groups in total. The molecule has 3 aromatic rings. The Hall–Kier alpha value is -3.42. The summed E-state index contributed by atoms with van der Waals surface area (Å²) in [5, 5.41) is 12.1. The summed E-state index contributed by atoms with van der Waals surface area (Å²) in [4.78, 5) is 27.2. The highest BCUT2D eigenvalue weighted by atomic mass is 19.1. The van der Waals surface area contributed by atoms with Gasteiger partial charge in [-0.15, -0.1) is 10.2 Å². The van der Waals surface area contributed by atoms with Crippen molar-refractivity contribution in [3.63, 3.8) is 0 Å². The number of imide groups is 1. The van der Waals surface area contributed by atoms with Crippen LogP contribution in [0.3, 0.4) is 0 Å². The summed E-state index contributed by atoms with van der Waals surface area (Å²) in [5.74, 6) is -0.473. The van der Waals surface area contributed by atoms with Crippen LogP contribution in [0.5, 0.6) is 0 Å². The topological polar surface area (TPSA) is 81.0 Å². The molecule has 0 unspecified atom stereocenters. The average Bonchev–Trinajstić information content (AvgIpc) is 3.19. The Morgan fingerprint density at radius 1 is 0.923 bits per heavy atom. The third kappa shape index (κ3) is 2.97. The average molecular weight is 351 g/mol. The number of hydrogen-bond donors (Lipinski definition) is 0. The van der Waals surface area contributed by atoms with E-state index in [1.165, 1.54) is 21.8 Å². The molecule has 0 saturated carbocycles. The number of nitrogens with zero attached hydrogens (tertiary/aromatic N) is 5. The zero-order valence-corrected chi connectivity index (χ0v) is 13.7. The van der Waals surface area contributed by atoms with Crippen molar-refractivity contribution in [1.82, 2.24) is 25.1 Å². The minimum Gasteiger partial charge on any atom is -0.274 e. The van der Waals surface area contributed by atoms with E-state index < -0.39 is 0 Å². The van der Waals surface area contributed by atoms with E-state index in [0.29, 0.717) is 29.9 Å². The van der Waals surface area contributed by atoms with Crippen molar-refractivity contribution in [2.75, 3.05) is 6.54 Å². The van der Waals surface area contributed by atoms with Gasteiger partial charge in [-0.3, -0.25) is 14.5 Å². The maximum atomic E-state index is 12.9. The molecule has 7 nitrogen and oxygen atoms in total. The lowest BCUT2D eigenvalue weighted by molar-refractivity contribution is 0.0655. The van der Waals surface area contributed by atoms with Gasteiger partial charge in [0.25, 0.3) is 11.8 Å². The molecular weight excluding hydrogens is 337 g/mol. The Kier molecular flexibility index (Phi) is 4.00. The van der Waals surface area contributed by atoms with Gasteiger partial charge in [0.15, 0.2) is 5.82 Å². The van der Waals surface area contributed by atoms with Gasteiger partial charge in [-0.2, -0.15) is 4.80 Å². The molecule has 2 amide bonds. The van der Waals surface area contributed by atoms with E-state index in [1.54, 1.807) is 36.4 Å². The Morgan fingerprint density at radius 2 is 1.58 bits per heavy atom. The molecule has 8 heteroatoms.